The first-order valence-corrected chi connectivity index (χ1v) is 6.83. The highest BCUT2D eigenvalue weighted by molar-refractivity contribution is 5.89. The standard InChI is InChI=1S/C18H11N3O2.ClH/c19-10-15-8-12(17-9-13(18(22)23)5-7-21-17)3-4-16(15)14-2-1-6-20-11-14;/h1-9,11H,(H,22,23);1H. The van der Waals surface area contributed by atoms with Gasteiger partial charge in [0.2, 0.25) is 0 Å². The third kappa shape index (κ3) is 3.40. The van der Waals surface area contributed by atoms with Crippen LogP contribution in [0, 0.1) is 11.3 Å². The number of carboxylic acids is 1. The van der Waals surface area contributed by atoms with E-state index >= 15 is 0 Å². The number of hydrogen-bond acceptors (Lipinski definition) is 4. The molecular weight excluding hydrogens is 326 g/mol. The Kier molecular flexibility index (Phi) is 5.25. The van der Waals surface area contributed by atoms with Gasteiger partial charge in [0.05, 0.1) is 22.9 Å². The van der Waals surface area contributed by atoms with Gasteiger partial charge in [-0.1, -0.05) is 18.2 Å². The molecule has 118 valence electrons. The van der Waals surface area contributed by atoms with Gasteiger partial charge in [0.1, 0.15) is 0 Å². The van der Waals surface area contributed by atoms with Crippen molar-refractivity contribution >= 4 is 18.4 Å². The van der Waals surface area contributed by atoms with Gasteiger partial charge < -0.3 is 5.11 Å². The van der Waals surface area contributed by atoms with Gasteiger partial charge in [-0.2, -0.15) is 5.26 Å². The van der Waals surface area contributed by atoms with E-state index in [1.165, 1.54) is 18.3 Å². The number of carboxylic acid groups (broad SMARTS) is 1. The third-order valence-corrected chi connectivity index (χ3v) is 3.42. The van der Waals surface area contributed by atoms with Crippen LogP contribution in [0.2, 0.25) is 0 Å². The SMILES string of the molecule is Cl.N#Cc1cc(-c2cc(C(=O)O)ccn2)ccc1-c1cccnc1. The molecule has 0 saturated heterocycles. The second-order valence-electron chi connectivity index (χ2n) is 4.85. The number of carbonyl (C=O) groups is 1. The van der Waals surface area contributed by atoms with E-state index < -0.39 is 5.97 Å². The molecule has 0 spiro atoms. The Morgan fingerprint density at radius 2 is 1.92 bits per heavy atom. The van der Waals surface area contributed by atoms with E-state index in [9.17, 15) is 10.1 Å². The Morgan fingerprint density at radius 1 is 1.08 bits per heavy atom. The zero-order valence-corrected chi connectivity index (χ0v) is 13.2. The van der Waals surface area contributed by atoms with Gasteiger partial charge in [-0.05, 0) is 24.3 Å². The molecule has 0 radical (unpaired) electrons. The van der Waals surface area contributed by atoms with E-state index in [1.54, 1.807) is 18.5 Å². The minimum atomic E-state index is -1.01. The van der Waals surface area contributed by atoms with Gasteiger partial charge in [-0.3, -0.25) is 9.97 Å². The summed E-state index contributed by atoms with van der Waals surface area (Å²) >= 11 is 0. The van der Waals surface area contributed by atoms with Gasteiger partial charge in [-0.15, -0.1) is 12.4 Å². The Morgan fingerprint density at radius 3 is 2.58 bits per heavy atom. The molecule has 5 nitrogen and oxygen atoms in total. The topological polar surface area (TPSA) is 86.9 Å². The van der Waals surface area contributed by atoms with Crippen LogP contribution in [-0.4, -0.2) is 21.0 Å². The molecule has 1 N–H and O–H groups in total. The molecule has 0 unspecified atom stereocenters. The Balaban J connectivity index is 0.00000208. The number of nitriles is 1. The number of rotatable bonds is 3. The lowest BCUT2D eigenvalue weighted by atomic mass is 9.98. The van der Waals surface area contributed by atoms with Crippen LogP contribution in [0.3, 0.4) is 0 Å². The summed E-state index contributed by atoms with van der Waals surface area (Å²) in [6.45, 7) is 0. The van der Waals surface area contributed by atoms with Crippen molar-refractivity contribution in [2.75, 3.05) is 0 Å². The summed E-state index contributed by atoms with van der Waals surface area (Å²) in [6.07, 6.45) is 4.81. The number of benzene rings is 1. The highest BCUT2D eigenvalue weighted by Crippen LogP contribution is 2.27. The molecule has 3 aromatic rings. The van der Waals surface area contributed by atoms with Crippen molar-refractivity contribution in [2.45, 2.75) is 0 Å². The highest BCUT2D eigenvalue weighted by Gasteiger charge is 2.10. The van der Waals surface area contributed by atoms with E-state index in [4.69, 9.17) is 5.11 Å². The zero-order chi connectivity index (χ0) is 16.2. The predicted molar refractivity (Wildman–Crippen MR) is 91.8 cm³/mol. The van der Waals surface area contributed by atoms with Crippen LogP contribution in [0.4, 0.5) is 0 Å². The molecule has 1 aromatic carbocycles. The lowest BCUT2D eigenvalue weighted by molar-refractivity contribution is 0.0697. The minimum Gasteiger partial charge on any atom is -0.478 e. The van der Waals surface area contributed by atoms with Crippen LogP contribution in [0.15, 0.2) is 61.1 Å². The summed E-state index contributed by atoms with van der Waals surface area (Å²) in [5, 5.41) is 18.5. The van der Waals surface area contributed by atoms with Crippen molar-refractivity contribution in [1.82, 2.24) is 9.97 Å². The lowest BCUT2D eigenvalue weighted by Gasteiger charge is -2.07. The molecule has 0 aliphatic carbocycles. The van der Waals surface area contributed by atoms with Crippen LogP contribution in [0.5, 0.6) is 0 Å². The molecule has 0 aliphatic rings. The predicted octanol–water partition coefficient (Wildman–Crippen LogP) is 3.80. The largest absolute Gasteiger partial charge is 0.478 e. The molecule has 0 amide bonds. The van der Waals surface area contributed by atoms with Crippen molar-refractivity contribution in [2.24, 2.45) is 0 Å². The number of hydrogen-bond donors (Lipinski definition) is 1. The quantitative estimate of drug-likeness (QED) is 0.785. The summed E-state index contributed by atoms with van der Waals surface area (Å²) in [7, 11) is 0. The van der Waals surface area contributed by atoms with Crippen LogP contribution in [-0.2, 0) is 0 Å². The van der Waals surface area contributed by atoms with Crippen molar-refractivity contribution in [3.8, 4) is 28.5 Å². The number of halogens is 1. The fraction of sp³-hybridized carbons (Fsp3) is 0. The molecule has 2 heterocycles. The lowest BCUT2D eigenvalue weighted by Crippen LogP contribution is -1.97. The fourth-order valence-electron chi connectivity index (χ4n) is 2.29. The first kappa shape index (κ1) is 17.1. The Labute approximate surface area is 144 Å². The second-order valence-corrected chi connectivity index (χ2v) is 4.85. The summed E-state index contributed by atoms with van der Waals surface area (Å²) in [5.41, 5.74) is 3.47. The van der Waals surface area contributed by atoms with Gasteiger partial charge >= 0.3 is 5.97 Å². The average Bonchev–Trinajstić information content (AvgIpc) is 2.62. The number of aromatic nitrogens is 2. The Bertz CT molecular complexity index is 921. The summed E-state index contributed by atoms with van der Waals surface area (Å²) in [6, 6.07) is 14.1. The van der Waals surface area contributed by atoms with E-state index in [2.05, 4.69) is 16.0 Å². The van der Waals surface area contributed by atoms with E-state index in [1.807, 2.05) is 24.3 Å². The van der Waals surface area contributed by atoms with Crippen LogP contribution < -0.4 is 0 Å². The molecule has 0 atom stereocenters. The molecule has 0 saturated carbocycles. The number of pyridine rings is 2. The van der Waals surface area contributed by atoms with E-state index in [-0.39, 0.29) is 18.0 Å². The number of aromatic carboxylic acids is 1. The zero-order valence-electron chi connectivity index (χ0n) is 12.4. The number of nitrogens with zero attached hydrogens (tertiary/aromatic N) is 3. The van der Waals surface area contributed by atoms with Gasteiger partial charge in [0.15, 0.2) is 0 Å². The fourth-order valence-corrected chi connectivity index (χ4v) is 2.29. The Hall–Kier alpha value is -3.23. The molecule has 2 aromatic heterocycles. The normalized spacial score (nSPS) is 9.62. The average molecular weight is 338 g/mol. The molecular formula is C18H12ClN3O2. The van der Waals surface area contributed by atoms with Gasteiger partial charge in [0, 0.05) is 35.3 Å². The smallest absolute Gasteiger partial charge is 0.335 e. The maximum atomic E-state index is 11.1. The van der Waals surface area contributed by atoms with Crippen molar-refractivity contribution in [3.05, 3.63) is 72.2 Å². The molecule has 6 heteroatoms. The molecule has 0 aliphatic heterocycles. The minimum absolute atomic E-state index is 0. The second kappa shape index (κ2) is 7.36. The van der Waals surface area contributed by atoms with Crippen molar-refractivity contribution < 1.29 is 9.90 Å². The van der Waals surface area contributed by atoms with Gasteiger partial charge in [0.25, 0.3) is 0 Å². The third-order valence-electron chi connectivity index (χ3n) is 3.42. The maximum absolute atomic E-state index is 11.1. The van der Waals surface area contributed by atoms with Crippen LogP contribution >= 0.6 is 12.4 Å². The van der Waals surface area contributed by atoms with E-state index in [0.717, 1.165) is 11.1 Å². The van der Waals surface area contributed by atoms with Crippen molar-refractivity contribution in [3.63, 3.8) is 0 Å². The van der Waals surface area contributed by atoms with Crippen LogP contribution in [0.1, 0.15) is 15.9 Å². The summed E-state index contributed by atoms with van der Waals surface area (Å²) in [4.78, 5) is 19.3. The van der Waals surface area contributed by atoms with Crippen LogP contribution in [0.25, 0.3) is 22.4 Å². The first-order chi connectivity index (χ1) is 11.2. The maximum Gasteiger partial charge on any atom is 0.335 e. The summed E-state index contributed by atoms with van der Waals surface area (Å²) in [5.74, 6) is -1.01. The summed E-state index contributed by atoms with van der Waals surface area (Å²) < 4.78 is 0. The highest BCUT2D eigenvalue weighted by atomic mass is 35.5. The molecule has 24 heavy (non-hydrogen) atoms. The van der Waals surface area contributed by atoms with Crippen molar-refractivity contribution in [1.29, 1.82) is 5.26 Å². The van der Waals surface area contributed by atoms with E-state index in [0.29, 0.717) is 16.8 Å². The van der Waals surface area contributed by atoms with Gasteiger partial charge in [-0.25, -0.2) is 4.79 Å². The molecule has 3 rings (SSSR count). The monoisotopic (exact) mass is 337 g/mol. The molecule has 0 bridgehead atoms. The molecule has 0 fully saturated rings. The first-order valence-electron chi connectivity index (χ1n) is 6.83.